The van der Waals surface area contributed by atoms with Gasteiger partial charge < -0.3 is 0 Å². The van der Waals surface area contributed by atoms with E-state index < -0.39 is 0 Å². The Morgan fingerprint density at radius 1 is 1.27 bits per heavy atom. The van der Waals surface area contributed by atoms with Crippen LogP contribution in [0.4, 0.5) is 0 Å². The van der Waals surface area contributed by atoms with Crippen LogP contribution >= 0.6 is 15.9 Å². The average Bonchev–Trinajstić information content (AvgIpc) is 2.46. The van der Waals surface area contributed by atoms with Crippen molar-refractivity contribution in [3.05, 3.63) is 0 Å². The van der Waals surface area contributed by atoms with E-state index in [1.807, 2.05) is 0 Å². The van der Waals surface area contributed by atoms with E-state index in [0.717, 1.165) is 21.9 Å². The lowest BCUT2D eigenvalue weighted by Crippen LogP contribution is -2.26. The summed E-state index contributed by atoms with van der Waals surface area (Å²) in [4.78, 5) is 0.877. The van der Waals surface area contributed by atoms with Crippen LogP contribution in [-0.4, -0.2) is 22.6 Å². The maximum absolute atomic E-state index is 3.84. The minimum atomic E-state index is 0.659. The summed E-state index contributed by atoms with van der Waals surface area (Å²) in [6.45, 7) is 0. The molecule has 2 saturated carbocycles. The van der Waals surface area contributed by atoms with Crippen molar-refractivity contribution in [3.8, 4) is 0 Å². The number of hydrogen-bond acceptors (Lipinski definition) is 0. The van der Waals surface area contributed by atoms with Gasteiger partial charge in [0.2, 0.25) is 0 Å². The first-order chi connectivity index (χ1) is 5.20. The molecule has 0 aliphatic heterocycles. The Morgan fingerprint density at radius 3 is 2.27 bits per heavy atom. The number of halogens is 1. The minimum absolute atomic E-state index is 0.659. The average molecular weight is 236 g/mol. The zero-order valence-electron chi connectivity index (χ0n) is 7.22. The summed E-state index contributed by atoms with van der Waals surface area (Å²) in [7, 11) is 0.659. The zero-order chi connectivity index (χ0) is 8.01. The van der Waals surface area contributed by atoms with Crippen LogP contribution in [0, 0.1) is 11.8 Å². The van der Waals surface area contributed by atoms with Gasteiger partial charge in [-0.3, -0.25) is 0 Å². The molecular weight excluding hydrogens is 220 g/mol. The van der Waals surface area contributed by atoms with Crippen LogP contribution in [0.1, 0.15) is 19.3 Å². The highest BCUT2D eigenvalue weighted by Gasteiger charge is 2.51. The predicted molar refractivity (Wildman–Crippen MR) is 56.5 cm³/mol. The number of rotatable bonds is 1. The molecule has 0 unspecified atom stereocenters. The van der Waals surface area contributed by atoms with Gasteiger partial charge in [-0.2, -0.15) is 0 Å². The highest BCUT2D eigenvalue weighted by atomic mass is 79.9. The molecule has 0 nitrogen and oxygen atoms in total. The van der Waals surface area contributed by atoms with Crippen molar-refractivity contribution < 1.29 is 0 Å². The largest absolute Gasteiger partial charge is 0.121 e. The smallest absolute Gasteiger partial charge is 0.0883 e. The van der Waals surface area contributed by atoms with E-state index in [4.69, 9.17) is 0 Å². The first kappa shape index (κ1) is 8.43. The fourth-order valence-corrected chi connectivity index (χ4v) is 5.68. The van der Waals surface area contributed by atoms with Crippen molar-refractivity contribution in [1.82, 2.24) is 0 Å². The van der Waals surface area contributed by atoms with Crippen LogP contribution in [0.5, 0.6) is 0 Å². The highest BCUT2D eigenvalue weighted by Crippen LogP contribution is 2.50. The van der Waals surface area contributed by atoms with E-state index in [1.165, 1.54) is 19.3 Å². The molecule has 0 N–H and O–H groups in total. The second-order valence-corrected chi connectivity index (χ2v) is 7.52. The number of hydrogen-bond donors (Lipinski definition) is 0. The van der Waals surface area contributed by atoms with Crippen LogP contribution in [0.2, 0.25) is 0 Å². The van der Waals surface area contributed by atoms with E-state index >= 15 is 0 Å². The molecule has 0 aromatic heterocycles. The second-order valence-electron chi connectivity index (χ2n) is 4.10. The molecule has 4 atom stereocenters. The summed E-state index contributed by atoms with van der Waals surface area (Å²) < 4.78 is 0. The van der Waals surface area contributed by atoms with Gasteiger partial charge in [-0.05, 0) is 36.1 Å². The van der Waals surface area contributed by atoms with Gasteiger partial charge in [-0.1, -0.05) is 15.9 Å². The molecule has 2 bridgehead atoms. The molecule has 11 heavy (non-hydrogen) atoms. The summed E-state index contributed by atoms with van der Waals surface area (Å²) in [5.41, 5.74) is 0. The standard InChI is InChI=1S/C9H16BrS/c1-11(2)8-5-6-3-4-7(8)9(6)10/h6-9H,3-5H2,1-2H3/q+1/t6-,7+,8+,9+/m1/s1. The molecule has 0 aromatic carbocycles. The summed E-state index contributed by atoms with van der Waals surface area (Å²) in [6, 6.07) is 0. The lowest BCUT2D eigenvalue weighted by atomic mass is 10.0. The Hall–Kier alpha value is 0.830. The van der Waals surface area contributed by atoms with Crippen molar-refractivity contribution in [2.75, 3.05) is 12.5 Å². The summed E-state index contributed by atoms with van der Waals surface area (Å²) in [5, 5.41) is 1.05. The maximum Gasteiger partial charge on any atom is 0.121 e. The number of alkyl halides is 1. The lowest BCUT2D eigenvalue weighted by Gasteiger charge is -2.17. The molecular formula is C9H16BrS+. The molecule has 0 saturated heterocycles. The predicted octanol–water partition coefficient (Wildman–Crippen LogP) is 2.43. The van der Waals surface area contributed by atoms with Crippen molar-refractivity contribution in [2.24, 2.45) is 11.8 Å². The van der Waals surface area contributed by atoms with Crippen LogP contribution in [0.25, 0.3) is 0 Å². The first-order valence-electron chi connectivity index (χ1n) is 4.40. The Balaban J connectivity index is 2.09. The maximum atomic E-state index is 3.84. The van der Waals surface area contributed by atoms with Crippen LogP contribution < -0.4 is 0 Å². The number of fused-ring (bicyclic) bond motifs is 2. The lowest BCUT2D eigenvalue weighted by molar-refractivity contribution is 0.490. The van der Waals surface area contributed by atoms with Crippen molar-refractivity contribution >= 4 is 26.8 Å². The molecule has 0 radical (unpaired) electrons. The third-order valence-electron chi connectivity index (χ3n) is 3.35. The first-order valence-corrected chi connectivity index (χ1v) is 7.42. The Labute approximate surface area is 80.6 Å². The topological polar surface area (TPSA) is 0 Å². The normalized spacial score (nSPS) is 49.1. The molecule has 2 aliphatic carbocycles. The van der Waals surface area contributed by atoms with Crippen LogP contribution in [0.3, 0.4) is 0 Å². The quantitative estimate of drug-likeness (QED) is 0.484. The third-order valence-corrected chi connectivity index (χ3v) is 6.53. The fraction of sp³-hybridized carbons (Fsp3) is 1.00. The van der Waals surface area contributed by atoms with Crippen LogP contribution in [-0.2, 0) is 10.9 Å². The van der Waals surface area contributed by atoms with Crippen molar-refractivity contribution in [2.45, 2.75) is 29.3 Å². The zero-order valence-corrected chi connectivity index (χ0v) is 9.62. The summed E-state index contributed by atoms with van der Waals surface area (Å²) in [6.07, 6.45) is 9.32. The van der Waals surface area contributed by atoms with E-state index in [2.05, 4.69) is 28.4 Å². The van der Waals surface area contributed by atoms with Crippen molar-refractivity contribution in [1.29, 1.82) is 0 Å². The third kappa shape index (κ3) is 1.27. The van der Waals surface area contributed by atoms with E-state index in [1.54, 1.807) is 0 Å². The minimum Gasteiger partial charge on any atom is -0.0883 e. The van der Waals surface area contributed by atoms with Gasteiger partial charge in [-0.15, -0.1) is 0 Å². The Morgan fingerprint density at radius 2 is 2.00 bits per heavy atom. The molecule has 0 spiro atoms. The van der Waals surface area contributed by atoms with Gasteiger partial charge in [0.15, 0.2) is 0 Å². The summed E-state index contributed by atoms with van der Waals surface area (Å²) >= 11 is 3.84. The summed E-state index contributed by atoms with van der Waals surface area (Å²) in [5.74, 6) is 2.05. The molecule has 0 amide bonds. The molecule has 2 aliphatic rings. The van der Waals surface area contributed by atoms with E-state index in [9.17, 15) is 0 Å². The molecule has 2 rings (SSSR count). The monoisotopic (exact) mass is 235 g/mol. The molecule has 64 valence electrons. The van der Waals surface area contributed by atoms with Gasteiger partial charge in [-0.25, -0.2) is 0 Å². The Kier molecular flexibility index (Phi) is 2.26. The highest BCUT2D eigenvalue weighted by molar-refractivity contribution is 9.09. The van der Waals surface area contributed by atoms with E-state index in [0.29, 0.717) is 10.9 Å². The fourth-order valence-electron chi connectivity index (χ4n) is 2.73. The molecule has 0 heterocycles. The van der Waals surface area contributed by atoms with Gasteiger partial charge >= 0.3 is 0 Å². The molecule has 2 heteroatoms. The van der Waals surface area contributed by atoms with Gasteiger partial charge in [0.25, 0.3) is 0 Å². The van der Waals surface area contributed by atoms with Gasteiger partial charge in [0.1, 0.15) is 5.25 Å². The van der Waals surface area contributed by atoms with Crippen LogP contribution in [0.15, 0.2) is 0 Å². The molecule has 0 aromatic rings. The van der Waals surface area contributed by atoms with Gasteiger partial charge in [0.05, 0.1) is 12.5 Å². The van der Waals surface area contributed by atoms with Crippen molar-refractivity contribution in [3.63, 3.8) is 0 Å². The molecule has 2 fully saturated rings. The second kappa shape index (κ2) is 2.95. The SMILES string of the molecule is C[S+](C)[C@H]1C[C@H]2CC[C@@H]1[C@H]2Br. The van der Waals surface area contributed by atoms with E-state index in [-0.39, 0.29) is 0 Å². The Bertz CT molecular complexity index is 158. The van der Waals surface area contributed by atoms with Gasteiger partial charge in [0, 0.05) is 10.7 Å².